The number of hydrogen-bond acceptors (Lipinski definition) is 7. The maximum Gasteiger partial charge on any atom is 0.266 e. The van der Waals surface area contributed by atoms with E-state index in [1.807, 2.05) is 36.7 Å². The first kappa shape index (κ1) is 22.7. The van der Waals surface area contributed by atoms with Gasteiger partial charge < -0.3 is 9.47 Å². The molecule has 172 valence electrons. The molecule has 0 amide bonds. The van der Waals surface area contributed by atoms with Crippen LogP contribution in [0.3, 0.4) is 0 Å². The lowest BCUT2D eigenvalue weighted by molar-refractivity contribution is 0.313. The molecule has 3 aromatic rings. The summed E-state index contributed by atoms with van der Waals surface area (Å²) in [5.41, 5.74) is 3.90. The van der Waals surface area contributed by atoms with E-state index in [-0.39, 0.29) is 16.8 Å². The largest absolute Gasteiger partial charge is 0.370 e. The summed E-state index contributed by atoms with van der Waals surface area (Å²) in [6.45, 7) is 6.30. The molecular formula is C21H27FN6O2S2. The van der Waals surface area contributed by atoms with Crippen LogP contribution in [0.4, 0.5) is 15.9 Å². The maximum absolute atomic E-state index is 14.9. The Morgan fingerprint density at radius 3 is 2.78 bits per heavy atom. The molecule has 1 N–H and O–H groups in total. The van der Waals surface area contributed by atoms with Crippen molar-refractivity contribution in [2.45, 2.75) is 37.8 Å². The monoisotopic (exact) mass is 478 g/mol. The van der Waals surface area contributed by atoms with Crippen molar-refractivity contribution in [3.63, 3.8) is 0 Å². The number of hydrogen-bond donors (Lipinski definition) is 1. The number of nitrogens with zero attached hydrogens (tertiary/aromatic N) is 5. The number of rotatable bonds is 7. The van der Waals surface area contributed by atoms with Gasteiger partial charge in [0.05, 0.1) is 17.7 Å². The molecule has 0 radical (unpaired) electrons. The predicted octanol–water partition coefficient (Wildman–Crippen LogP) is 3.14. The number of halogens is 1. The highest BCUT2D eigenvalue weighted by Gasteiger charge is 2.29. The van der Waals surface area contributed by atoms with Gasteiger partial charge in [-0.05, 0) is 38.0 Å². The quantitative estimate of drug-likeness (QED) is 0.562. The standard InChI is InChI=1S/C21H27FN6O2S2/c1-14-7-19(32(29,30)25-20-12-31-13-23-20)17(22)8-18(14)27(4)16-5-6-28(10-16)11-21-24-15(2)9-26(21)3/h7-9,12-13,16,25H,5-6,10-11H2,1-4H3. The number of imidazole rings is 1. The summed E-state index contributed by atoms with van der Waals surface area (Å²) in [5, 5.41) is 1.56. The SMILES string of the molecule is Cc1cn(C)c(CN2CCC(N(C)c3cc(F)c(S(=O)(=O)Nc4cscn4)cc3C)C2)n1. The molecule has 1 fully saturated rings. The average molecular weight is 479 g/mol. The Bertz CT molecular complexity index is 1210. The van der Waals surface area contributed by atoms with E-state index < -0.39 is 15.8 Å². The van der Waals surface area contributed by atoms with Gasteiger partial charge in [0.15, 0.2) is 5.82 Å². The Morgan fingerprint density at radius 2 is 2.12 bits per heavy atom. The Kier molecular flexibility index (Phi) is 6.24. The molecule has 1 aliphatic heterocycles. The number of aromatic nitrogens is 3. The van der Waals surface area contributed by atoms with Crippen LogP contribution in [0.5, 0.6) is 0 Å². The average Bonchev–Trinajstić information content (AvgIpc) is 3.45. The van der Waals surface area contributed by atoms with Crippen LogP contribution < -0.4 is 9.62 Å². The molecule has 11 heteroatoms. The second-order valence-electron chi connectivity index (χ2n) is 8.25. The first-order chi connectivity index (χ1) is 15.1. The summed E-state index contributed by atoms with van der Waals surface area (Å²) in [6.07, 6.45) is 2.95. The highest BCUT2D eigenvalue weighted by Crippen LogP contribution is 2.30. The molecule has 1 unspecified atom stereocenters. The summed E-state index contributed by atoms with van der Waals surface area (Å²) >= 11 is 1.26. The Balaban J connectivity index is 1.49. The van der Waals surface area contributed by atoms with Gasteiger partial charge in [0.1, 0.15) is 16.5 Å². The van der Waals surface area contributed by atoms with Crippen LogP contribution in [0.2, 0.25) is 0 Å². The lowest BCUT2D eigenvalue weighted by Crippen LogP contribution is -2.35. The lowest BCUT2D eigenvalue weighted by Gasteiger charge is -2.29. The van der Waals surface area contributed by atoms with Gasteiger partial charge in [-0.25, -0.2) is 22.8 Å². The molecule has 2 aromatic heterocycles. The highest BCUT2D eigenvalue weighted by molar-refractivity contribution is 7.92. The van der Waals surface area contributed by atoms with E-state index in [0.29, 0.717) is 11.3 Å². The van der Waals surface area contributed by atoms with Crippen LogP contribution in [0, 0.1) is 19.7 Å². The first-order valence-electron chi connectivity index (χ1n) is 10.3. The summed E-state index contributed by atoms with van der Waals surface area (Å²) in [5.74, 6) is 0.427. The summed E-state index contributed by atoms with van der Waals surface area (Å²) in [7, 11) is -0.127. The molecule has 1 saturated heterocycles. The van der Waals surface area contributed by atoms with Crippen molar-refractivity contribution in [2.75, 3.05) is 29.8 Å². The van der Waals surface area contributed by atoms with E-state index in [0.717, 1.165) is 37.6 Å². The molecule has 3 heterocycles. The van der Waals surface area contributed by atoms with Crippen LogP contribution in [0.15, 0.2) is 34.1 Å². The number of nitrogens with one attached hydrogen (secondary N) is 1. The van der Waals surface area contributed by atoms with Crippen LogP contribution >= 0.6 is 11.3 Å². The minimum Gasteiger partial charge on any atom is -0.370 e. The molecule has 0 bridgehead atoms. The van der Waals surface area contributed by atoms with Crippen LogP contribution in [-0.4, -0.2) is 54.0 Å². The zero-order chi connectivity index (χ0) is 23.0. The van der Waals surface area contributed by atoms with E-state index >= 15 is 0 Å². The highest BCUT2D eigenvalue weighted by atomic mass is 32.2. The molecule has 0 aliphatic carbocycles. The van der Waals surface area contributed by atoms with Gasteiger partial charge in [0.2, 0.25) is 0 Å². The third-order valence-electron chi connectivity index (χ3n) is 5.84. The third-order valence-corrected chi connectivity index (χ3v) is 7.80. The second kappa shape index (κ2) is 8.80. The summed E-state index contributed by atoms with van der Waals surface area (Å²) in [6, 6.07) is 2.90. The summed E-state index contributed by atoms with van der Waals surface area (Å²) < 4.78 is 44.6. The van der Waals surface area contributed by atoms with Crippen molar-refractivity contribution in [3.05, 3.63) is 52.1 Å². The molecule has 0 spiro atoms. The van der Waals surface area contributed by atoms with Crippen molar-refractivity contribution in [2.24, 2.45) is 7.05 Å². The maximum atomic E-state index is 14.9. The van der Waals surface area contributed by atoms with E-state index in [2.05, 4.69) is 19.6 Å². The van der Waals surface area contributed by atoms with Gasteiger partial charge in [-0.1, -0.05) is 0 Å². The molecule has 32 heavy (non-hydrogen) atoms. The number of likely N-dealkylation sites (tertiary alicyclic amines) is 1. The fraction of sp³-hybridized carbons (Fsp3) is 0.429. The molecule has 0 saturated carbocycles. The van der Waals surface area contributed by atoms with Gasteiger partial charge in [0, 0.05) is 50.5 Å². The summed E-state index contributed by atoms with van der Waals surface area (Å²) in [4.78, 5) is 12.5. The number of anilines is 2. The lowest BCUT2D eigenvalue weighted by atomic mass is 10.1. The zero-order valence-corrected chi connectivity index (χ0v) is 20.2. The van der Waals surface area contributed by atoms with Crippen LogP contribution in [0.1, 0.15) is 23.5 Å². The molecule has 8 nitrogen and oxygen atoms in total. The van der Waals surface area contributed by atoms with Crippen LogP contribution in [0.25, 0.3) is 0 Å². The predicted molar refractivity (Wildman–Crippen MR) is 124 cm³/mol. The zero-order valence-electron chi connectivity index (χ0n) is 18.5. The van der Waals surface area contributed by atoms with Gasteiger partial charge in [0.25, 0.3) is 10.0 Å². The molecular weight excluding hydrogens is 451 g/mol. The topological polar surface area (TPSA) is 83.4 Å². The number of thiazole rings is 1. The number of likely N-dealkylation sites (N-methyl/N-ethyl adjacent to an activating group) is 1. The van der Waals surface area contributed by atoms with E-state index in [9.17, 15) is 12.8 Å². The van der Waals surface area contributed by atoms with Gasteiger partial charge in [-0.15, -0.1) is 11.3 Å². The Labute approximate surface area is 191 Å². The van der Waals surface area contributed by atoms with Gasteiger partial charge in [-0.3, -0.25) is 9.62 Å². The third kappa shape index (κ3) is 4.64. The molecule has 1 atom stereocenters. The fourth-order valence-electron chi connectivity index (χ4n) is 4.17. The molecule has 1 aliphatic rings. The van der Waals surface area contributed by atoms with Crippen molar-refractivity contribution in [1.29, 1.82) is 0 Å². The van der Waals surface area contributed by atoms with E-state index in [1.165, 1.54) is 29.0 Å². The first-order valence-corrected chi connectivity index (χ1v) is 12.7. The second-order valence-corrected chi connectivity index (χ2v) is 10.6. The van der Waals surface area contributed by atoms with E-state index in [4.69, 9.17) is 0 Å². The van der Waals surface area contributed by atoms with E-state index in [1.54, 1.807) is 12.3 Å². The van der Waals surface area contributed by atoms with Gasteiger partial charge >= 0.3 is 0 Å². The van der Waals surface area contributed by atoms with Crippen molar-refractivity contribution in [3.8, 4) is 0 Å². The normalized spacial score (nSPS) is 17.1. The fourth-order valence-corrected chi connectivity index (χ4v) is 5.87. The smallest absolute Gasteiger partial charge is 0.266 e. The number of benzene rings is 1. The molecule has 1 aromatic carbocycles. The van der Waals surface area contributed by atoms with Crippen molar-refractivity contribution < 1.29 is 12.8 Å². The molecule has 4 rings (SSSR count). The Hall–Kier alpha value is -2.50. The van der Waals surface area contributed by atoms with Crippen LogP contribution in [-0.2, 0) is 23.6 Å². The number of sulfonamides is 1. The minimum atomic E-state index is -4.06. The Morgan fingerprint density at radius 1 is 1.34 bits per heavy atom. The van der Waals surface area contributed by atoms with Crippen molar-refractivity contribution >= 4 is 32.9 Å². The number of aryl methyl sites for hydroxylation is 3. The van der Waals surface area contributed by atoms with Crippen molar-refractivity contribution in [1.82, 2.24) is 19.4 Å². The minimum absolute atomic E-state index is 0.183. The van der Waals surface area contributed by atoms with Gasteiger partial charge in [-0.2, -0.15) is 0 Å².